The van der Waals surface area contributed by atoms with E-state index in [4.69, 9.17) is 9.47 Å². The van der Waals surface area contributed by atoms with E-state index in [1.54, 1.807) is 7.11 Å². The van der Waals surface area contributed by atoms with Crippen molar-refractivity contribution < 1.29 is 9.47 Å². The van der Waals surface area contributed by atoms with Gasteiger partial charge in [-0.25, -0.2) is 0 Å². The van der Waals surface area contributed by atoms with E-state index >= 15 is 0 Å². The van der Waals surface area contributed by atoms with Crippen LogP contribution in [0.25, 0.3) is 0 Å². The molecule has 0 bridgehead atoms. The van der Waals surface area contributed by atoms with Crippen LogP contribution in [0.4, 0.5) is 0 Å². The third-order valence-corrected chi connectivity index (χ3v) is 2.49. The quantitative estimate of drug-likeness (QED) is 0.542. The number of hydrogen-bond acceptors (Lipinski definition) is 3. The van der Waals surface area contributed by atoms with E-state index < -0.39 is 0 Å². The average molecular weight is 143 g/mol. The van der Waals surface area contributed by atoms with Crippen LogP contribution in [0.3, 0.4) is 0 Å². The van der Waals surface area contributed by atoms with E-state index in [-0.39, 0.29) is 0 Å². The largest absolute Gasteiger partial charge is 0.380 e. The number of hydrogen-bond donors (Lipinski definition) is 1. The van der Waals surface area contributed by atoms with E-state index in [1.165, 1.54) is 0 Å². The summed E-state index contributed by atoms with van der Waals surface area (Å²) in [5.74, 6) is 0.602. The van der Waals surface area contributed by atoms with Crippen molar-refractivity contribution in [2.24, 2.45) is 5.92 Å². The van der Waals surface area contributed by atoms with E-state index in [1.807, 2.05) is 0 Å². The first kappa shape index (κ1) is 6.58. The first-order chi connectivity index (χ1) is 4.92. The predicted octanol–water partition coefficient (Wildman–Crippen LogP) is -0.380. The predicted molar refractivity (Wildman–Crippen MR) is 36.9 cm³/mol. The second-order valence-electron chi connectivity index (χ2n) is 2.99. The van der Waals surface area contributed by atoms with Crippen molar-refractivity contribution in [1.82, 2.24) is 5.32 Å². The molecule has 0 aromatic heterocycles. The lowest BCUT2D eigenvalue weighted by atomic mass is 10.0. The lowest BCUT2D eigenvalue weighted by Gasteiger charge is -2.12. The number of methoxy groups -OCH3 is 1. The highest BCUT2D eigenvalue weighted by atomic mass is 16.5. The van der Waals surface area contributed by atoms with Gasteiger partial charge in [-0.2, -0.15) is 0 Å². The Bertz CT molecular complexity index is 129. The fourth-order valence-electron chi connectivity index (χ4n) is 1.82. The highest BCUT2D eigenvalue weighted by molar-refractivity contribution is 4.94. The van der Waals surface area contributed by atoms with Crippen LogP contribution in [0, 0.1) is 5.92 Å². The Morgan fingerprint density at radius 1 is 1.50 bits per heavy atom. The number of ether oxygens (including phenoxy) is 2. The van der Waals surface area contributed by atoms with E-state index in [9.17, 15) is 0 Å². The zero-order chi connectivity index (χ0) is 6.97. The number of rotatable bonds is 1. The molecule has 0 radical (unpaired) electrons. The van der Waals surface area contributed by atoms with Crippen molar-refractivity contribution in [2.75, 3.05) is 26.9 Å². The highest BCUT2D eigenvalue weighted by Gasteiger charge is 2.39. The van der Waals surface area contributed by atoms with Gasteiger partial charge in [0.05, 0.1) is 19.3 Å². The van der Waals surface area contributed by atoms with Crippen molar-refractivity contribution in [3.05, 3.63) is 0 Å². The maximum atomic E-state index is 5.30. The van der Waals surface area contributed by atoms with Crippen LogP contribution in [-0.4, -0.2) is 39.0 Å². The van der Waals surface area contributed by atoms with Gasteiger partial charge in [-0.1, -0.05) is 0 Å². The SMILES string of the molecule is CO[C@@H]1CN[C@H]2COC[C@H]21. The molecule has 0 aromatic rings. The minimum absolute atomic E-state index is 0.382. The van der Waals surface area contributed by atoms with Crippen molar-refractivity contribution >= 4 is 0 Å². The molecule has 58 valence electrons. The van der Waals surface area contributed by atoms with Crippen LogP contribution in [0.15, 0.2) is 0 Å². The molecule has 3 nitrogen and oxygen atoms in total. The topological polar surface area (TPSA) is 30.5 Å². The molecular formula is C7H13NO2. The third-order valence-electron chi connectivity index (χ3n) is 2.49. The Labute approximate surface area is 60.7 Å². The molecule has 0 amide bonds. The fraction of sp³-hybridized carbons (Fsp3) is 1.00. The smallest absolute Gasteiger partial charge is 0.0761 e. The van der Waals surface area contributed by atoms with Gasteiger partial charge in [0, 0.05) is 25.6 Å². The fourth-order valence-corrected chi connectivity index (χ4v) is 1.82. The van der Waals surface area contributed by atoms with Crippen LogP contribution in [0.5, 0.6) is 0 Å². The Hall–Kier alpha value is -0.120. The van der Waals surface area contributed by atoms with E-state index in [0.717, 1.165) is 19.8 Å². The molecule has 0 aliphatic carbocycles. The Morgan fingerprint density at radius 3 is 3.20 bits per heavy atom. The lowest BCUT2D eigenvalue weighted by molar-refractivity contribution is 0.0637. The van der Waals surface area contributed by atoms with Gasteiger partial charge in [0.25, 0.3) is 0 Å². The zero-order valence-corrected chi connectivity index (χ0v) is 6.17. The van der Waals surface area contributed by atoms with Gasteiger partial charge < -0.3 is 14.8 Å². The maximum Gasteiger partial charge on any atom is 0.0761 e. The molecule has 0 aromatic carbocycles. The van der Waals surface area contributed by atoms with E-state index in [2.05, 4.69) is 5.32 Å². The van der Waals surface area contributed by atoms with E-state index in [0.29, 0.717) is 18.1 Å². The number of nitrogens with one attached hydrogen (secondary N) is 1. The molecule has 2 heterocycles. The summed E-state index contributed by atoms with van der Waals surface area (Å²) in [5, 5.41) is 3.37. The average Bonchev–Trinajstić information content (AvgIpc) is 2.44. The third kappa shape index (κ3) is 0.856. The molecule has 2 saturated heterocycles. The van der Waals surface area contributed by atoms with Crippen LogP contribution >= 0.6 is 0 Å². The van der Waals surface area contributed by atoms with Gasteiger partial charge in [0.2, 0.25) is 0 Å². The minimum Gasteiger partial charge on any atom is -0.380 e. The van der Waals surface area contributed by atoms with Crippen LogP contribution in [0.1, 0.15) is 0 Å². The van der Waals surface area contributed by atoms with Crippen LogP contribution < -0.4 is 5.32 Å². The highest BCUT2D eigenvalue weighted by Crippen LogP contribution is 2.24. The first-order valence-corrected chi connectivity index (χ1v) is 3.75. The molecular weight excluding hydrogens is 130 g/mol. The van der Waals surface area contributed by atoms with Crippen molar-refractivity contribution in [3.8, 4) is 0 Å². The van der Waals surface area contributed by atoms with Gasteiger partial charge in [-0.15, -0.1) is 0 Å². The van der Waals surface area contributed by atoms with Gasteiger partial charge in [-0.3, -0.25) is 0 Å². The van der Waals surface area contributed by atoms with Crippen molar-refractivity contribution in [2.45, 2.75) is 12.1 Å². The molecule has 2 aliphatic heterocycles. The summed E-state index contributed by atoms with van der Waals surface area (Å²) in [5.41, 5.74) is 0. The van der Waals surface area contributed by atoms with Crippen LogP contribution in [0.2, 0.25) is 0 Å². The molecule has 2 aliphatic rings. The summed E-state index contributed by atoms with van der Waals surface area (Å²) in [6, 6.07) is 0.560. The Kier molecular flexibility index (Phi) is 1.64. The van der Waals surface area contributed by atoms with Gasteiger partial charge in [0.1, 0.15) is 0 Å². The van der Waals surface area contributed by atoms with Crippen molar-refractivity contribution in [1.29, 1.82) is 0 Å². The molecule has 2 rings (SSSR count). The van der Waals surface area contributed by atoms with Gasteiger partial charge in [-0.05, 0) is 0 Å². The summed E-state index contributed by atoms with van der Waals surface area (Å²) in [6.07, 6.45) is 0.382. The summed E-state index contributed by atoms with van der Waals surface area (Å²) >= 11 is 0. The normalized spacial score (nSPS) is 45.9. The molecule has 10 heavy (non-hydrogen) atoms. The number of fused-ring (bicyclic) bond motifs is 1. The summed E-state index contributed by atoms with van der Waals surface area (Å²) < 4.78 is 10.6. The standard InChI is InChI=1S/C7H13NO2/c1-9-7-2-8-6-4-10-3-5(6)7/h5-8H,2-4H2,1H3/t5-,6+,7-/m1/s1. The second-order valence-corrected chi connectivity index (χ2v) is 2.99. The minimum atomic E-state index is 0.382. The Morgan fingerprint density at radius 2 is 2.40 bits per heavy atom. The lowest BCUT2D eigenvalue weighted by Crippen LogP contribution is -2.26. The summed E-state index contributed by atoms with van der Waals surface area (Å²) in [4.78, 5) is 0. The molecule has 0 saturated carbocycles. The Balaban J connectivity index is 2.01. The molecule has 1 N–H and O–H groups in total. The monoisotopic (exact) mass is 143 g/mol. The second kappa shape index (κ2) is 2.49. The molecule has 3 atom stereocenters. The molecule has 0 unspecified atom stereocenters. The van der Waals surface area contributed by atoms with Crippen LogP contribution in [-0.2, 0) is 9.47 Å². The molecule has 0 spiro atoms. The first-order valence-electron chi connectivity index (χ1n) is 3.75. The van der Waals surface area contributed by atoms with Gasteiger partial charge in [0.15, 0.2) is 0 Å². The summed E-state index contributed by atoms with van der Waals surface area (Å²) in [6.45, 7) is 2.73. The molecule has 2 fully saturated rings. The van der Waals surface area contributed by atoms with Gasteiger partial charge >= 0.3 is 0 Å². The molecule has 3 heteroatoms. The zero-order valence-electron chi connectivity index (χ0n) is 6.17. The summed E-state index contributed by atoms with van der Waals surface area (Å²) in [7, 11) is 1.77. The maximum absolute atomic E-state index is 5.30. The van der Waals surface area contributed by atoms with Crippen molar-refractivity contribution in [3.63, 3.8) is 0 Å².